The van der Waals surface area contributed by atoms with Crippen LogP contribution in [0.1, 0.15) is 38.2 Å². The van der Waals surface area contributed by atoms with Crippen LogP contribution in [0, 0.1) is 0 Å². The maximum Gasteiger partial charge on any atom is 0.291 e. The van der Waals surface area contributed by atoms with E-state index in [1.807, 2.05) is 54.6 Å². The summed E-state index contributed by atoms with van der Waals surface area (Å²) in [5.41, 5.74) is 1.59. The van der Waals surface area contributed by atoms with Gasteiger partial charge in [-0.3, -0.25) is 4.79 Å². The Bertz CT molecular complexity index is 1310. The van der Waals surface area contributed by atoms with Crippen molar-refractivity contribution in [3.8, 4) is 22.9 Å². The Morgan fingerprint density at radius 2 is 1.73 bits per heavy atom. The van der Waals surface area contributed by atoms with E-state index in [1.165, 1.54) is 35.1 Å². The van der Waals surface area contributed by atoms with Crippen molar-refractivity contribution < 1.29 is 9.47 Å². The Labute approximate surface area is 196 Å². The zero-order valence-corrected chi connectivity index (χ0v) is 19.5. The third kappa shape index (κ3) is 5.68. The first-order chi connectivity index (χ1) is 16.2. The monoisotopic (exact) mass is 461 g/mol. The minimum atomic E-state index is -0.173. The highest BCUT2D eigenvalue weighted by Gasteiger charge is 2.12. The van der Waals surface area contributed by atoms with Gasteiger partial charge in [0, 0.05) is 5.56 Å². The number of unbranched alkanes of at least 4 members (excludes halogenated alkanes) is 3. The van der Waals surface area contributed by atoms with Gasteiger partial charge in [-0.05, 0) is 54.5 Å². The zero-order chi connectivity index (χ0) is 23.0. The second-order valence-corrected chi connectivity index (χ2v) is 8.66. The third-order valence-corrected chi connectivity index (χ3v) is 6.07. The molecule has 0 atom stereocenters. The summed E-state index contributed by atoms with van der Waals surface area (Å²) < 4.78 is 13.2. The van der Waals surface area contributed by atoms with Crippen molar-refractivity contribution >= 4 is 22.4 Å². The Morgan fingerprint density at radius 3 is 2.42 bits per heavy atom. The molecule has 2 heterocycles. The van der Waals surface area contributed by atoms with Crippen molar-refractivity contribution in [2.45, 2.75) is 32.6 Å². The Morgan fingerprint density at radius 1 is 1.00 bits per heavy atom. The standard InChI is InChI=1S/C26H27N3O3S/c1-3-5-6-7-17-32-22-14-10-20(11-15-22)24-27-26-29(28-24)25(30)23(33-26)18-19-8-12-21(13-9-19)31-16-4-2/h4,8-15,18H,2-3,5-7,16-17H2,1H3. The fourth-order valence-electron chi connectivity index (χ4n) is 3.34. The lowest BCUT2D eigenvalue weighted by Crippen LogP contribution is -2.23. The molecule has 6 nitrogen and oxygen atoms in total. The zero-order valence-electron chi connectivity index (χ0n) is 18.7. The van der Waals surface area contributed by atoms with Gasteiger partial charge < -0.3 is 9.47 Å². The summed E-state index contributed by atoms with van der Waals surface area (Å²) in [5.74, 6) is 2.12. The minimum absolute atomic E-state index is 0.173. The molecule has 0 aliphatic heterocycles. The molecule has 0 unspecified atom stereocenters. The van der Waals surface area contributed by atoms with Gasteiger partial charge in [0.1, 0.15) is 18.1 Å². The lowest BCUT2D eigenvalue weighted by Gasteiger charge is -2.06. The number of fused-ring (bicyclic) bond motifs is 1. The molecule has 0 saturated heterocycles. The van der Waals surface area contributed by atoms with E-state index >= 15 is 0 Å². The van der Waals surface area contributed by atoms with Crippen LogP contribution in [0.15, 0.2) is 66.0 Å². The summed E-state index contributed by atoms with van der Waals surface area (Å²) >= 11 is 1.33. The van der Waals surface area contributed by atoms with Crippen molar-refractivity contribution in [2.24, 2.45) is 0 Å². The fraction of sp³-hybridized carbons (Fsp3) is 0.269. The van der Waals surface area contributed by atoms with Crippen LogP contribution in [0.3, 0.4) is 0 Å². The first kappa shape index (κ1) is 22.7. The molecule has 0 fully saturated rings. The van der Waals surface area contributed by atoms with Gasteiger partial charge in [-0.25, -0.2) is 0 Å². The first-order valence-corrected chi connectivity index (χ1v) is 12.0. The number of thiazole rings is 1. The molecule has 2 aromatic carbocycles. The molecule has 7 heteroatoms. The van der Waals surface area contributed by atoms with E-state index in [4.69, 9.17) is 9.47 Å². The van der Waals surface area contributed by atoms with Gasteiger partial charge in [-0.2, -0.15) is 9.50 Å². The number of nitrogens with zero attached hydrogens (tertiary/aromatic N) is 3. The van der Waals surface area contributed by atoms with Crippen molar-refractivity contribution in [1.29, 1.82) is 0 Å². The highest BCUT2D eigenvalue weighted by Crippen LogP contribution is 2.21. The Kier molecular flexibility index (Phi) is 7.52. The van der Waals surface area contributed by atoms with E-state index in [9.17, 15) is 4.79 Å². The normalized spacial score (nSPS) is 11.7. The molecule has 4 aromatic rings. The molecule has 0 bridgehead atoms. The van der Waals surface area contributed by atoms with Gasteiger partial charge in [0.25, 0.3) is 5.56 Å². The van der Waals surface area contributed by atoms with E-state index in [-0.39, 0.29) is 5.56 Å². The van der Waals surface area contributed by atoms with Crippen LogP contribution in [-0.4, -0.2) is 27.8 Å². The molecular weight excluding hydrogens is 434 g/mol. The molecule has 0 N–H and O–H groups in total. The molecule has 170 valence electrons. The van der Waals surface area contributed by atoms with E-state index in [1.54, 1.807) is 6.08 Å². The maximum absolute atomic E-state index is 12.8. The molecule has 0 saturated carbocycles. The highest BCUT2D eigenvalue weighted by atomic mass is 32.1. The van der Waals surface area contributed by atoms with Crippen LogP contribution >= 0.6 is 11.3 Å². The summed E-state index contributed by atoms with van der Waals surface area (Å²) in [6.07, 6.45) is 8.25. The van der Waals surface area contributed by atoms with Crippen LogP contribution in [0.5, 0.6) is 11.5 Å². The molecule has 0 aliphatic rings. The minimum Gasteiger partial charge on any atom is -0.494 e. The lowest BCUT2D eigenvalue weighted by molar-refractivity contribution is 0.305. The molecule has 0 spiro atoms. The summed E-state index contributed by atoms with van der Waals surface area (Å²) in [5, 5.41) is 4.43. The van der Waals surface area contributed by atoms with Crippen LogP contribution in [-0.2, 0) is 0 Å². The number of aromatic nitrogens is 3. The Balaban J connectivity index is 1.47. The number of rotatable bonds is 11. The quantitative estimate of drug-likeness (QED) is 0.235. The van der Waals surface area contributed by atoms with Gasteiger partial charge in [-0.1, -0.05) is 62.3 Å². The molecule has 2 aromatic heterocycles. The van der Waals surface area contributed by atoms with E-state index < -0.39 is 0 Å². The second-order valence-electron chi connectivity index (χ2n) is 7.65. The van der Waals surface area contributed by atoms with Crippen LogP contribution in [0.2, 0.25) is 0 Å². The summed E-state index contributed by atoms with van der Waals surface area (Å²) in [4.78, 5) is 17.9. The predicted octanol–water partition coefficient (Wildman–Crippen LogP) is 4.89. The lowest BCUT2D eigenvalue weighted by atomic mass is 10.2. The molecule has 4 rings (SSSR count). The van der Waals surface area contributed by atoms with Gasteiger partial charge in [0.2, 0.25) is 4.96 Å². The van der Waals surface area contributed by atoms with Gasteiger partial charge in [0.05, 0.1) is 11.1 Å². The number of ether oxygens (including phenoxy) is 2. The fourth-order valence-corrected chi connectivity index (χ4v) is 4.25. The number of benzene rings is 2. The summed E-state index contributed by atoms with van der Waals surface area (Å²) in [7, 11) is 0. The van der Waals surface area contributed by atoms with Crippen LogP contribution < -0.4 is 19.6 Å². The average Bonchev–Trinajstić information content (AvgIpc) is 3.38. The molecule has 0 radical (unpaired) electrons. The second kappa shape index (κ2) is 10.9. The maximum atomic E-state index is 12.8. The topological polar surface area (TPSA) is 65.7 Å². The first-order valence-electron chi connectivity index (χ1n) is 11.2. The van der Waals surface area contributed by atoms with Crippen LogP contribution in [0.25, 0.3) is 22.4 Å². The van der Waals surface area contributed by atoms with E-state index in [2.05, 4.69) is 23.6 Å². The smallest absolute Gasteiger partial charge is 0.291 e. The van der Waals surface area contributed by atoms with Gasteiger partial charge in [0.15, 0.2) is 5.82 Å². The predicted molar refractivity (Wildman–Crippen MR) is 133 cm³/mol. The molecule has 33 heavy (non-hydrogen) atoms. The van der Waals surface area contributed by atoms with E-state index in [0.29, 0.717) is 21.9 Å². The number of hydrogen-bond donors (Lipinski definition) is 0. The molecule has 0 aliphatic carbocycles. The van der Waals surface area contributed by atoms with E-state index in [0.717, 1.165) is 35.7 Å². The van der Waals surface area contributed by atoms with Gasteiger partial charge in [-0.15, -0.1) is 5.10 Å². The van der Waals surface area contributed by atoms with Crippen LogP contribution in [0.4, 0.5) is 0 Å². The average molecular weight is 462 g/mol. The third-order valence-electron chi connectivity index (χ3n) is 5.11. The SMILES string of the molecule is C=CCOc1ccc(C=c2sc3nc(-c4ccc(OCCCCCC)cc4)nn3c2=O)cc1. The Hall–Kier alpha value is -3.45. The summed E-state index contributed by atoms with van der Waals surface area (Å²) in [6, 6.07) is 15.2. The van der Waals surface area contributed by atoms with Crippen molar-refractivity contribution in [1.82, 2.24) is 14.6 Å². The van der Waals surface area contributed by atoms with Crippen molar-refractivity contribution in [3.63, 3.8) is 0 Å². The highest BCUT2D eigenvalue weighted by molar-refractivity contribution is 7.15. The largest absolute Gasteiger partial charge is 0.494 e. The summed E-state index contributed by atoms with van der Waals surface area (Å²) in [6.45, 7) is 7.02. The van der Waals surface area contributed by atoms with Crippen molar-refractivity contribution in [3.05, 3.63) is 81.6 Å². The number of hydrogen-bond acceptors (Lipinski definition) is 6. The molecular formula is C26H27N3O3S. The molecule has 0 amide bonds. The van der Waals surface area contributed by atoms with Gasteiger partial charge >= 0.3 is 0 Å². The van der Waals surface area contributed by atoms with Crippen molar-refractivity contribution in [2.75, 3.05) is 13.2 Å².